The van der Waals surface area contributed by atoms with E-state index in [4.69, 9.17) is 4.74 Å². The fraction of sp³-hybridized carbons (Fsp3) is 0.115. The molecular formula is C26H22N6O2. The van der Waals surface area contributed by atoms with Crippen LogP contribution in [0.15, 0.2) is 78.9 Å². The van der Waals surface area contributed by atoms with E-state index in [0.717, 1.165) is 23.4 Å². The molecule has 8 nitrogen and oxygen atoms in total. The van der Waals surface area contributed by atoms with Crippen LogP contribution in [0.1, 0.15) is 21.6 Å². The first-order valence-corrected chi connectivity index (χ1v) is 10.9. The summed E-state index contributed by atoms with van der Waals surface area (Å²) in [6.45, 7) is 2.45. The Morgan fingerprint density at radius 1 is 0.971 bits per heavy atom. The second-order valence-electron chi connectivity index (χ2n) is 7.79. The molecule has 2 aromatic heterocycles. The summed E-state index contributed by atoms with van der Waals surface area (Å²) in [6, 6.07) is 24.7. The van der Waals surface area contributed by atoms with Gasteiger partial charge in [-0.2, -0.15) is 0 Å². The van der Waals surface area contributed by atoms with Gasteiger partial charge in [-0.05, 0) is 48.9 Å². The van der Waals surface area contributed by atoms with Crippen molar-refractivity contribution in [3.63, 3.8) is 0 Å². The normalized spacial score (nSPS) is 10.9. The van der Waals surface area contributed by atoms with Crippen molar-refractivity contribution in [3.05, 3.63) is 95.7 Å². The van der Waals surface area contributed by atoms with E-state index in [-0.39, 0.29) is 5.91 Å². The quantitative estimate of drug-likeness (QED) is 0.375. The lowest BCUT2D eigenvalue weighted by Crippen LogP contribution is -2.12. The minimum Gasteiger partial charge on any atom is -0.493 e. The van der Waals surface area contributed by atoms with Gasteiger partial charge in [-0.25, -0.2) is 9.97 Å². The molecule has 34 heavy (non-hydrogen) atoms. The predicted octanol–water partition coefficient (Wildman–Crippen LogP) is 4.60. The Labute approximate surface area is 196 Å². The number of rotatable bonds is 7. The maximum atomic E-state index is 12.8. The van der Waals surface area contributed by atoms with Crippen molar-refractivity contribution in [3.8, 4) is 17.1 Å². The molecule has 0 fully saturated rings. The summed E-state index contributed by atoms with van der Waals surface area (Å²) in [7, 11) is 0. The molecule has 5 aromatic rings. The zero-order valence-corrected chi connectivity index (χ0v) is 18.5. The summed E-state index contributed by atoms with van der Waals surface area (Å²) in [5, 5.41) is 13.5. The number of nitrogens with zero attached hydrogens (tertiary/aromatic N) is 4. The number of H-pyrrole nitrogens is 1. The molecule has 0 unspecified atom stereocenters. The molecule has 0 radical (unpaired) electrons. The Bertz CT molecular complexity index is 1430. The van der Waals surface area contributed by atoms with Crippen molar-refractivity contribution in [1.82, 2.24) is 25.4 Å². The van der Waals surface area contributed by atoms with Gasteiger partial charge in [-0.15, -0.1) is 5.10 Å². The molecule has 0 saturated heterocycles. The van der Waals surface area contributed by atoms with Crippen LogP contribution in [0, 0.1) is 6.92 Å². The Morgan fingerprint density at radius 3 is 2.62 bits per heavy atom. The highest BCUT2D eigenvalue weighted by Crippen LogP contribution is 2.21. The van der Waals surface area contributed by atoms with Crippen LogP contribution in [0.4, 0.5) is 5.69 Å². The fourth-order valence-electron chi connectivity index (χ4n) is 3.58. The maximum Gasteiger partial charge on any atom is 0.255 e. The number of amides is 1. The molecule has 0 aliphatic rings. The van der Waals surface area contributed by atoms with E-state index >= 15 is 0 Å². The Kier molecular flexibility index (Phi) is 5.94. The zero-order valence-electron chi connectivity index (χ0n) is 18.5. The van der Waals surface area contributed by atoms with Crippen LogP contribution in [0.5, 0.6) is 5.75 Å². The van der Waals surface area contributed by atoms with Gasteiger partial charge in [0.05, 0.1) is 12.3 Å². The summed E-state index contributed by atoms with van der Waals surface area (Å²) < 4.78 is 5.82. The first kappa shape index (κ1) is 21.3. The van der Waals surface area contributed by atoms with Crippen LogP contribution in [0.25, 0.3) is 22.6 Å². The average molecular weight is 451 g/mol. The van der Waals surface area contributed by atoms with E-state index in [9.17, 15) is 4.79 Å². The van der Waals surface area contributed by atoms with Crippen molar-refractivity contribution >= 4 is 22.8 Å². The van der Waals surface area contributed by atoms with Gasteiger partial charge in [-0.3, -0.25) is 9.89 Å². The Balaban J connectivity index is 1.23. The van der Waals surface area contributed by atoms with Crippen LogP contribution in [-0.2, 0) is 6.42 Å². The molecule has 2 heterocycles. The van der Waals surface area contributed by atoms with Crippen LogP contribution >= 0.6 is 0 Å². The molecule has 8 heteroatoms. The predicted molar refractivity (Wildman–Crippen MR) is 130 cm³/mol. The topological polar surface area (TPSA) is 106 Å². The molecule has 1 amide bonds. The van der Waals surface area contributed by atoms with Gasteiger partial charge in [0.25, 0.3) is 5.91 Å². The number of aromatic nitrogens is 5. The number of ether oxygens (including phenoxy) is 1. The highest BCUT2D eigenvalue weighted by atomic mass is 16.5. The molecule has 0 atom stereocenters. The third-order valence-corrected chi connectivity index (χ3v) is 5.37. The summed E-state index contributed by atoms with van der Waals surface area (Å²) >= 11 is 0. The highest BCUT2D eigenvalue weighted by molar-refractivity contribution is 6.04. The summed E-state index contributed by atoms with van der Waals surface area (Å²) in [4.78, 5) is 21.8. The molecule has 0 aliphatic carbocycles. The Hall–Kier alpha value is -4.59. The number of hydrogen-bond acceptors (Lipinski definition) is 6. The number of carbonyl (C=O) groups excluding carboxylic acids is 1. The number of benzene rings is 3. The van der Waals surface area contributed by atoms with Crippen molar-refractivity contribution in [1.29, 1.82) is 0 Å². The van der Waals surface area contributed by atoms with Crippen LogP contribution in [-0.4, -0.2) is 37.9 Å². The van der Waals surface area contributed by atoms with Gasteiger partial charge in [0, 0.05) is 23.2 Å². The van der Waals surface area contributed by atoms with Gasteiger partial charge in [0.1, 0.15) is 11.3 Å². The highest BCUT2D eigenvalue weighted by Gasteiger charge is 2.12. The number of aryl methyl sites for hydroxylation is 1. The minimum atomic E-state index is -0.223. The fourth-order valence-corrected chi connectivity index (χ4v) is 3.58. The summed E-state index contributed by atoms with van der Waals surface area (Å²) in [5.41, 5.74) is 5.07. The monoisotopic (exact) mass is 450 g/mol. The first-order chi connectivity index (χ1) is 16.7. The van der Waals surface area contributed by atoms with Crippen molar-refractivity contribution in [2.75, 3.05) is 11.9 Å². The lowest BCUT2D eigenvalue weighted by atomic mass is 10.1. The molecule has 168 valence electrons. The van der Waals surface area contributed by atoms with Crippen LogP contribution in [0.2, 0.25) is 0 Å². The second kappa shape index (κ2) is 9.50. The van der Waals surface area contributed by atoms with E-state index in [1.54, 1.807) is 18.2 Å². The summed E-state index contributed by atoms with van der Waals surface area (Å²) in [6.07, 6.45) is 0.836. The number of hydrogen-bond donors (Lipinski definition) is 2. The van der Waals surface area contributed by atoms with Gasteiger partial charge in [0.2, 0.25) is 5.65 Å². The SMILES string of the molecule is Cc1nc(-c2cccc(C(=O)Nc3ccc(OCCc4ccccc4)cc3)c2)nc2nn[nH]c12. The van der Waals surface area contributed by atoms with E-state index in [2.05, 4.69) is 42.8 Å². The van der Waals surface area contributed by atoms with Crippen LogP contribution in [0.3, 0.4) is 0 Å². The average Bonchev–Trinajstić information content (AvgIpc) is 3.35. The van der Waals surface area contributed by atoms with E-state index in [1.807, 2.05) is 55.5 Å². The molecular weight excluding hydrogens is 428 g/mol. The maximum absolute atomic E-state index is 12.8. The van der Waals surface area contributed by atoms with E-state index in [1.165, 1.54) is 5.56 Å². The summed E-state index contributed by atoms with van der Waals surface area (Å²) in [5.74, 6) is 1.02. The molecule has 0 spiro atoms. The third-order valence-electron chi connectivity index (χ3n) is 5.37. The van der Waals surface area contributed by atoms with Crippen LogP contribution < -0.4 is 10.1 Å². The number of anilines is 1. The number of fused-ring (bicyclic) bond motifs is 1. The van der Waals surface area contributed by atoms with Crippen molar-refractivity contribution < 1.29 is 9.53 Å². The molecule has 5 rings (SSSR count). The number of carbonyl (C=O) groups is 1. The zero-order chi connectivity index (χ0) is 23.3. The second-order valence-corrected chi connectivity index (χ2v) is 7.79. The standard InChI is InChI=1S/C26H22N6O2/c1-17-23-25(31-32-30-23)29-24(27-17)19-8-5-9-20(16-19)26(33)28-21-10-12-22(13-11-21)34-15-14-18-6-3-2-4-7-18/h2-13,16H,14-15H2,1H3,(H,28,33)(H,27,29,30,31,32). The van der Waals surface area contributed by atoms with Crippen molar-refractivity contribution in [2.24, 2.45) is 0 Å². The third kappa shape index (κ3) is 4.75. The first-order valence-electron chi connectivity index (χ1n) is 10.9. The lowest BCUT2D eigenvalue weighted by Gasteiger charge is -2.09. The van der Waals surface area contributed by atoms with E-state index < -0.39 is 0 Å². The largest absolute Gasteiger partial charge is 0.493 e. The molecule has 2 N–H and O–H groups in total. The molecule has 0 aliphatic heterocycles. The number of nitrogens with one attached hydrogen (secondary N) is 2. The Morgan fingerprint density at radius 2 is 1.79 bits per heavy atom. The van der Waals surface area contributed by atoms with Gasteiger partial charge < -0.3 is 10.1 Å². The smallest absolute Gasteiger partial charge is 0.255 e. The van der Waals surface area contributed by atoms with Crippen molar-refractivity contribution in [2.45, 2.75) is 13.3 Å². The number of aromatic amines is 1. The molecule has 3 aromatic carbocycles. The lowest BCUT2D eigenvalue weighted by molar-refractivity contribution is 0.102. The van der Waals surface area contributed by atoms with Gasteiger partial charge in [-0.1, -0.05) is 47.7 Å². The molecule has 0 saturated carbocycles. The minimum absolute atomic E-state index is 0.223. The van der Waals surface area contributed by atoms with Gasteiger partial charge >= 0.3 is 0 Å². The van der Waals surface area contributed by atoms with E-state index in [0.29, 0.717) is 34.8 Å². The molecule has 0 bridgehead atoms. The van der Waals surface area contributed by atoms with Gasteiger partial charge in [0.15, 0.2) is 5.82 Å².